The SMILES string of the molecule is CCc1nc(-c2ccccc2C2CC2)nc(N)c1I. The third-order valence-corrected chi connectivity index (χ3v) is 4.67. The van der Waals surface area contributed by atoms with E-state index in [1.165, 1.54) is 18.4 Å². The van der Waals surface area contributed by atoms with Crippen LogP contribution < -0.4 is 5.73 Å². The van der Waals surface area contributed by atoms with E-state index in [0.29, 0.717) is 11.7 Å². The molecule has 98 valence electrons. The van der Waals surface area contributed by atoms with Crippen molar-refractivity contribution in [1.82, 2.24) is 9.97 Å². The lowest BCUT2D eigenvalue weighted by Crippen LogP contribution is -2.05. The van der Waals surface area contributed by atoms with E-state index < -0.39 is 0 Å². The van der Waals surface area contributed by atoms with E-state index in [-0.39, 0.29) is 0 Å². The van der Waals surface area contributed by atoms with E-state index in [1.807, 2.05) is 6.07 Å². The molecular weight excluding hydrogens is 349 g/mol. The normalized spacial score (nSPS) is 14.6. The van der Waals surface area contributed by atoms with Gasteiger partial charge in [-0.1, -0.05) is 31.2 Å². The summed E-state index contributed by atoms with van der Waals surface area (Å²) in [6.45, 7) is 2.10. The number of nitrogens with two attached hydrogens (primary N) is 1. The fourth-order valence-corrected chi connectivity index (χ4v) is 2.94. The number of hydrogen-bond acceptors (Lipinski definition) is 3. The standard InChI is InChI=1S/C15H16IN3/c1-2-12-13(16)14(17)19-15(18-12)11-6-4-3-5-10(11)9-7-8-9/h3-6,9H,2,7-8H2,1H3,(H2,17,18,19). The first-order chi connectivity index (χ1) is 9.20. The lowest BCUT2D eigenvalue weighted by atomic mass is 10.0. The molecule has 1 fully saturated rings. The van der Waals surface area contributed by atoms with Gasteiger partial charge in [0, 0.05) is 5.56 Å². The Bertz CT molecular complexity index is 621. The zero-order valence-electron chi connectivity index (χ0n) is 10.9. The summed E-state index contributed by atoms with van der Waals surface area (Å²) in [5, 5.41) is 0. The molecule has 3 nitrogen and oxygen atoms in total. The first-order valence-electron chi connectivity index (χ1n) is 6.62. The van der Waals surface area contributed by atoms with Crippen LogP contribution in [0, 0.1) is 3.57 Å². The van der Waals surface area contributed by atoms with Gasteiger partial charge in [0.2, 0.25) is 0 Å². The summed E-state index contributed by atoms with van der Waals surface area (Å²) in [7, 11) is 0. The fourth-order valence-electron chi connectivity index (χ4n) is 2.32. The molecule has 0 aliphatic heterocycles. The van der Waals surface area contributed by atoms with Crippen LogP contribution in [0.2, 0.25) is 0 Å². The number of nitrogens with zero attached hydrogens (tertiary/aromatic N) is 2. The second-order valence-corrected chi connectivity index (χ2v) is 5.99. The maximum Gasteiger partial charge on any atom is 0.162 e. The molecule has 1 aliphatic rings. The van der Waals surface area contributed by atoms with Crippen LogP contribution in [-0.2, 0) is 6.42 Å². The van der Waals surface area contributed by atoms with Gasteiger partial charge in [-0.3, -0.25) is 0 Å². The van der Waals surface area contributed by atoms with E-state index in [9.17, 15) is 0 Å². The molecule has 1 saturated carbocycles. The van der Waals surface area contributed by atoms with Gasteiger partial charge >= 0.3 is 0 Å². The van der Waals surface area contributed by atoms with Gasteiger partial charge in [-0.15, -0.1) is 0 Å². The van der Waals surface area contributed by atoms with Gasteiger partial charge in [0.15, 0.2) is 5.82 Å². The molecule has 1 aromatic heterocycles. The second-order valence-electron chi connectivity index (χ2n) is 4.91. The van der Waals surface area contributed by atoms with Crippen LogP contribution in [-0.4, -0.2) is 9.97 Å². The molecule has 2 N–H and O–H groups in total. The summed E-state index contributed by atoms with van der Waals surface area (Å²) in [6.07, 6.45) is 3.43. The van der Waals surface area contributed by atoms with Gasteiger partial charge in [0.1, 0.15) is 5.82 Å². The Morgan fingerprint density at radius 2 is 2.00 bits per heavy atom. The van der Waals surface area contributed by atoms with Crippen LogP contribution in [0.5, 0.6) is 0 Å². The average Bonchev–Trinajstić information content (AvgIpc) is 3.26. The highest BCUT2D eigenvalue weighted by Crippen LogP contribution is 2.43. The number of anilines is 1. The number of hydrogen-bond donors (Lipinski definition) is 1. The van der Waals surface area contributed by atoms with Crippen LogP contribution in [0.25, 0.3) is 11.4 Å². The highest BCUT2D eigenvalue weighted by atomic mass is 127. The van der Waals surface area contributed by atoms with Crippen LogP contribution in [0.1, 0.15) is 36.9 Å². The molecule has 4 heteroatoms. The van der Waals surface area contributed by atoms with Crippen molar-refractivity contribution in [2.75, 3.05) is 5.73 Å². The predicted octanol–water partition coefficient (Wildman–Crippen LogP) is 3.77. The summed E-state index contributed by atoms with van der Waals surface area (Å²) in [5.41, 5.74) is 9.56. The highest BCUT2D eigenvalue weighted by molar-refractivity contribution is 14.1. The number of rotatable bonds is 3. The van der Waals surface area contributed by atoms with Crippen LogP contribution in [0.4, 0.5) is 5.82 Å². The molecule has 0 spiro atoms. The smallest absolute Gasteiger partial charge is 0.162 e. The van der Waals surface area contributed by atoms with E-state index >= 15 is 0 Å². The number of nitrogen functional groups attached to an aromatic ring is 1. The third kappa shape index (κ3) is 2.45. The summed E-state index contributed by atoms with van der Waals surface area (Å²) in [6, 6.07) is 8.43. The van der Waals surface area contributed by atoms with Gasteiger partial charge in [0.25, 0.3) is 0 Å². The van der Waals surface area contributed by atoms with E-state index in [1.54, 1.807) is 0 Å². The Balaban J connectivity index is 2.14. The maximum atomic E-state index is 6.02. The number of halogens is 1. The third-order valence-electron chi connectivity index (χ3n) is 3.50. The molecule has 1 aromatic carbocycles. The molecule has 0 atom stereocenters. The lowest BCUT2D eigenvalue weighted by Gasteiger charge is -2.11. The van der Waals surface area contributed by atoms with Crippen LogP contribution in [0.3, 0.4) is 0 Å². The molecule has 0 unspecified atom stereocenters. The molecule has 19 heavy (non-hydrogen) atoms. The zero-order chi connectivity index (χ0) is 13.4. The van der Waals surface area contributed by atoms with Crippen molar-refractivity contribution in [2.24, 2.45) is 0 Å². The largest absolute Gasteiger partial charge is 0.383 e. The Kier molecular flexibility index (Phi) is 3.43. The minimum Gasteiger partial charge on any atom is -0.383 e. The Labute approximate surface area is 126 Å². The molecule has 3 rings (SSSR count). The Morgan fingerprint density at radius 3 is 2.68 bits per heavy atom. The maximum absolute atomic E-state index is 6.02. The number of benzene rings is 1. The average molecular weight is 365 g/mol. The van der Waals surface area contributed by atoms with Gasteiger partial charge in [-0.25, -0.2) is 9.97 Å². The predicted molar refractivity (Wildman–Crippen MR) is 86.0 cm³/mol. The number of aromatic nitrogens is 2. The van der Waals surface area contributed by atoms with E-state index in [4.69, 9.17) is 10.7 Å². The quantitative estimate of drug-likeness (QED) is 0.843. The van der Waals surface area contributed by atoms with Crippen molar-refractivity contribution < 1.29 is 0 Å². The minimum atomic E-state index is 0.591. The number of aryl methyl sites for hydroxylation is 1. The molecule has 1 heterocycles. The van der Waals surface area contributed by atoms with Crippen LogP contribution in [0.15, 0.2) is 24.3 Å². The summed E-state index contributed by atoms with van der Waals surface area (Å²) in [5.74, 6) is 2.05. The molecule has 0 amide bonds. The fraction of sp³-hybridized carbons (Fsp3) is 0.333. The van der Waals surface area contributed by atoms with Gasteiger partial charge < -0.3 is 5.73 Å². The second kappa shape index (κ2) is 5.07. The molecule has 0 saturated heterocycles. The zero-order valence-corrected chi connectivity index (χ0v) is 13.0. The summed E-state index contributed by atoms with van der Waals surface area (Å²) < 4.78 is 0.979. The van der Waals surface area contributed by atoms with E-state index in [2.05, 4.69) is 52.7 Å². The first-order valence-corrected chi connectivity index (χ1v) is 7.69. The van der Waals surface area contributed by atoms with Crippen molar-refractivity contribution in [2.45, 2.75) is 32.1 Å². The van der Waals surface area contributed by atoms with Crippen molar-refractivity contribution in [3.63, 3.8) is 0 Å². The van der Waals surface area contributed by atoms with Crippen LogP contribution >= 0.6 is 22.6 Å². The Hall–Kier alpha value is -1.17. The topological polar surface area (TPSA) is 51.8 Å². The molecule has 0 bridgehead atoms. The van der Waals surface area contributed by atoms with Crippen molar-refractivity contribution in [3.8, 4) is 11.4 Å². The van der Waals surface area contributed by atoms with Crippen molar-refractivity contribution >= 4 is 28.4 Å². The van der Waals surface area contributed by atoms with Gasteiger partial charge in [0.05, 0.1) is 9.26 Å². The Morgan fingerprint density at radius 1 is 1.26 bits per heavy atom. The lowest BCUT2D eigenvalue weighted by molar-refractivity contribution is 0.988. The summed E-state index contributed by atoms with van der Waals surface area (Å²) in [4.78, 5) is 9.18. The highest BCUT2D eigenvalue weighted by Gasteiger charge is 2.27. The van der Waals surface area contributed by atoms with Crippen molar-refractivity contribution in [3.05, 3.63) is 39.1 Å². The minimum absolute atomic E-state index is 0.591. The molecule has 2 aromatic rings. The summed E-state index contributed by atoms with van der Waals surface area (Å²) >= 11 is 2.23. The van der Waals surface area contributed by atoms with Crippen molar-refractivity contribution in [1.29, 1.82) is 0 Å². The van der Waals surface area contributed by atoms with Gasteiger partial charge in [-0.2, -0.15) is 0 Å². The molecular formula is C15H16IN3. The molecule has 1 aliphatic carbocycles. The van der Waals surface area contributed by atoms with E-state index in [0.717, 1.165) is 27.1 Å². The first kappa shape index (κ1) is 12.8. The monoisotopic (exact) mass is 365 g/mol. The molecule has 0 radical (unpaired) electrons. The van der Waals surface area contributed by atoms with Gasteiger partial charge in [-0.05, 0) is 53.3 Å².